The minimum atomic E-state index is -4.79. The topological polar surface area (TPSA) is 55.6 Å². The number of likely N-dealkylation sites (N-methyl/N-ethyl adjacent to an activating group) is 1. The van der Waals surface area contributed by atoms with E-state index in [9.17, 15) is 18.0 Å². The quantitative estimate of drug-likeness (QED) is 0.651. The Bertz CT molecular complexity index is 203. The third kappa shape index (κ3) is 2.31. The smallest absolute Gasteiger partial charge is 0.310 e. The minimum Gasteiger partial charge on any atom is -0.310 e. The van der Waals surface area contributed by atoms with Gasteiger partial charge in [-0.25, -0.2) is 5.06 Å². The molecule has 0 spiro atoms. The fraction of sp³-hybridized carbons (Fsp3) is 0.833. The van der Waals surface area contributed by atoms with E-state index in [0.29, 0.717) is 12.0 Å². The van der Waals surface area contributed by atoms with Gasteiger partial charge in [-0.2, -0.15) is 13.2 Å². The number of halogens is 3. The summed E-state index contributed by atoms with van der Waals surface area (Å²) in [5.41, 5.74) is 1.90. The van der Waals surface area contributed by atoms with Crippen LogP contribution >= 0.6 is 0 Å². The van der Waals surface area contributed by atoms with Crippen LogP contribution in [0.3, 0.4) is 0 Å². The molecule has 4 nitrogen and oxygen atoms in total. The van der Waals surface area contributed by atoms with Crippen molar-refractivity contribution in [3.63, 3.8) is 0 Å². The maximum atomic E-state index is 12.2. The molecule has 7 heteroatoms. The summed E-state index contributed by atoms with van der Waals surface area (Å²) in [7, 11) is 2.13. The Balaban J connectivity index is 4.75. The molecule has 0 bridgehead atoms. The molecule has 0 aromatic rings. The molecule has 0 aliphatic carbocycles. The lowest BCUT2D eigenvalue weighted by Gasteiger charge is -2.29. The molecule has 13 heavy (non-hydrogen) atoms. The van der Waals surface area contributed by atoms with Crippen molar-refractivity contribution in [3.8, 4) is 0 Å². The first-order valence-electron chi connectivity index (χ1n) is 3.32. The van der Waals surface area contributed by atoms with Gasteiger partial charge in [0.1, 0.15) is 0 Å². The average Bonchev–Trinajstić information content (AvgIpc) is 1.99. The highest BCUT2D eigenvalue weighted by atomic mass is 19.4. The summed E-state index contributed by atoms with van der Waals surface area (Å²) in [6, 6.07) is 0. The van der Waals surface area contributed by atoms with Gasteiger partial charge in [0.2, 0.25) is 0 Å². The summed E-state index contributed by atoms with van der Waals surface area (Å²) in [4.78, 5) is 15.3. The van der Waals surface area contributed by atoms with Crippen LogP contribution in [0.4, 0.5) is 13.2 Å². The minimum absolute atomic E-state index is 0.438. The van der Waals surface area contributed by atoms with Gasteiger partial charge in [0.05, 0.1) is 7.11 Å². The fourth-order valence-electron chi connectivity index (χ4n) is 0.531. The van der Waals surface area contributed by atoms with Gasteiger partial charge in [-0.3, -0.25) is 9.63 Å². The lowest BCUT2D eigenvalue weighted by molar-refractivity contribution is -0.214. The van der Waals surface area contributed by atoms with E-state index in [-0.39, 0.29) is 0 Å². The van der Waals surface area contributed by atoms with Gasteiger partial charge < -0.3 is 5.73 Å². The number of nitrogens with two attached hydrogens (primary N) is 1. The zero-order valence-corrected chi connectivity index (χ0v) is 7.47. The molecule has 2 N–H and O–H groups in total. The van der Waals surface area contributed by atoms with Crippen LogP contribution in [0.25, 0.3) is 0 Å². The van der Waals surface area contributed by atoms with Crippen LogP contribution in [0.2, 0.25) is 0 Å². The van der Waals surface area contributed by atoms with Crippen LogP contribution in [-0.4, -0.2) is 36.8 Å². The molecule has 78 valence electrons. The molecular formula is C6H11F3N2O2. The lowest BCUT2D eigenvalue weighted by atomic mass is 10.0. The first-order valence-corrected chi connectivity index (χ1v) is 3.32. The van der Waals surface area contributed by atoms with Gasteiger partial charge in [0, 0.05) is 7.05 Å². The zero-order valence-electron chi connectivity index (χ0n) is 7.47. The Morgan fingerprint density at radius 2 is 1.85 bits per heavy atom. The van der Waals surface area contributed by atoms with Crippen molar-refractivity contribution in [3.05, 3.63) is 0 Å². The van der Waals surface area contributed by atoms with Gasteiger partial charge in [-0.1, -0.05) is 0 Å². The highest BCUT2D eigenvalue weighted by Crippen LogP contribution is 2.29. The molecule has 0 radical (unpaired) electrons. The second kappa shape index (κ2) is 3.51. The number of rotatable bonds is 2. The monoisotopic (exact) mass is 200 g/mol. The molecule has 0 aliphatic heterocycles. The van der Waals surface area contributed by atoms with Crippen molar-refractivity contribution in [2.45, 2.75) is 18.6 Å². The number of nitrogens with zero attached hydrogens (tertiary/aromatic N) is 1. The van der Waals surface area contributed by atoms with E-state index in [2.05, 4.69) is 4.84 Å². The van der Waals surface area contributed by atoms with Gasteiger partial charge in [0.25, 0.3) is 5.91 Å². The molecule has 0 saturated heterocycles. The Kier molecular flexibility index (Phi) is 3.28. The zero-order chi connectivity index (χ0) is 10.9. The standard InChI is InChI=1S/C6H11F3N2O2/c1-5(10,6(7,8)9)4(12)11(2)13-3/h10H2,1-3H3. The number of carbonyl (C=O) groups excluding carboxylic acids is 1. The van der Waals surface area contributed by atoms with E-state index in [1.807, 2.05) is 0 Å². The van der Waals surface area contributed by atoms with Crippen molar-refractivity contribution < 1.29 is 22.8 Å². The molecule has 1 amide bonds. The highest BCUT2D eigenvalue weighted by Gasteiger charge is 2.55. The van der Waals surface area contributed by atoms with E-state index in [0.717, 1.165) is 14.2 Å². The average molecular weight is 200 g/mol. The van der Waals surface area contributed by atoms with Crippen LogP contribution in [0, 0.1) is 0 Å². The van der Waals surface area contributed by atoms with Crippen molar-refractivity contribution in [2.75, 3.05) is 14.2 Å². The Labute approximate surface area is 73.4 Å². The summed E-state index contributed by atoms with van der Waals surface area (Å²) in [6.07, 6.45) is -4.79. The Morgan fingerprint density at radius 3 is 2.08 bits per heavy atom. The molecule has 1 atom stereocenters. The van der Waals surface area contributed by atoms with Gasteiger partial charge in [-0.05, 0) is 6.92 Å². The van der Waals surface area contributed by atoms with Crippen molar-refractivity contribution in [1.29, 1.82) is 0 Å². The normalized spacial score (nSPS) is 16.5. The first kappa shape index (κ1) is 12.2. The number of alkyl halides is 3. The van der Waals surface area contributed by atoms with Crippen LogP contribution in [-0.2, 0) is 9.63 Å². The lowest BCUT2D eigenvalue weighted by Crippen LogP contribution is -2.61. The van der Waals surface area contributed by atoms with E-state index >= 15 is 0 Å². The van der Waals surface area contributed by atoms with Crippen molar-refractivity contribution in [1.82, 2.24) is 5.06 Å². The summed E-state index contributed by atoms with van der Waals surface area (Å²) >= 11 is 0. The third-order valence-electron chi connectivity index (χ3n) is 1.59. The van der Waals surface area contributed by atoms with E-state index in [1.54, 1.807) is 0 Å². The van der Waals surface area contributed by atoms with Gasteiger partial charge in [-0.15, -0.1) is 0 Å². The second-order valence-corrected chi connectivity index (χ2v) is 2.69. The number of hydroxylamine groups is 2. The third-order valence-corrected chi connectivity index (χ3v) is 1.59. The Hall–Kier alpha value is -0.820. The number of hydrogen-bond donors (Lipinski definition) is 1. The summed E-state index contributed by atoms with van der Waals surface area (Å²) in [5.74, 6) is -1.34. The molecule has 0 aliphatic rings. The number of hydrogen-bond acceptors (Lipinski definition) is 3. The number of carbonyl (C=O) groups is 1. The van der Waals surface area contributed by atoms with Gasteiger partial charge >= 0.3 is 6.18 Å². The summed E-state index contributed by atoms with van der Waals surface area (Å²) in [5, 5.41) is 0.438. The van der Waals surface area contributed by atoms with Crippen LogP contribution in [0.15, 0.2) is 0 Å². The summed E-state index contributed by atoms with van der Waals surface area (Å²) < 4.78 is 36.5. The molecule has 0 fully saturated rings. The molecule has 0 heterocycles. The molecule has 0 rings (SSSR count). The van der Waals surface area contributed by atoms with Crippen molar-refractivity contribution in [2.24, 2.45) is 5.73 Å². The van der Waals surface area contributed by atoms with Crippen LogP contribution in [0.1, 0.15) is 6.92 Å². The van der Waals surface area contributed by atoms with E-state index < -0.39 is 17.6 Å². The first-order chi connectivity index (χ1) is 5.64. The van der Waals surface area contributed by atoms with Crippen LogP contribution < -0.4 is 5.73 Å². The van der Waals surface area contributed by atoms with Gasteiger partial charge in [0.15, 0.2) is 5.54 Å². The predicted molar refractivity (Wildman–Crippen MR) is 38.4 cm³/mol. The maximum absolute atomic E-state index is 12.2. The SMILES string of the molecule is CON(C)C(=O)C(C)(N)C(F)(F)F. The largest absolute Gasteiger partial charge is 0.415 e. The molecule has 1 unspecified atom stereocenters. The fourth-order valence-corrected chi connectivity index (χ4v) is 0.531. The summed E-state index contributed by atoms with van der Waals surface area (Å²) in [6.45, 7) is 0.588. The maximum Gasteiger partial charge on any atom is 0.415 e. The highest BCUT2D eigenvalue weighted by molar-refractivity contribution is 5.85. The van der Waals surface area contributed by atoms with Crippen molar-refractivity contribution >= 4 is 5.91 Å². The second-order valence-electron chi connectivity index (χ2n) is 2.69. The number of amides is 1. The van der Waals surface area contributed by atoms with E-state index in [1.165, 1.54) is 0 Å². The predicted octanol–water partition coefficient (Wildman–Crippen LogP) is 0.286. The molecule has 0 saturated carbocycles. The Morgan fingerprint density at radius 1 is 1.46 bits per heavy atom. The molecular weight excluding hydrogens is 189 g/mol. The molecule has 0 aromatic heterocycles. The van der Waals surface area contributed by atoms with Crippen LogP contribution in [0.5, 0.6) is 0 Å². The van der Waals surface area contributed by atoms with E-state index in [4.69, 9.17) is 5.73 Å². The molecule has 0 aromatic carbocycles.